The van der Waals surface area contributed by atoms with Gasteiger partial charge in [0.25, 0.3) is 0 Å². The number of carbonyl (C=O) groups is 1. The van der Waals surface area contributed by atoms with Crippen molar-refractivity contribution in [3.63, 3.8) is 0 Å². The largest absolute Gasteiger partial charge is 0.491 e. The Morgan fingerprint density at radius 2 is 2.26 bits per heavy atom. The average molecular weight is 263 g/mol. The van der Waals surface area contributed by atoms with Gasteiger partial charge in [-0.25, -0.2) is 0 Å². The second-order valence-corrected chi connectivity index (χ2v) is 4.44. The quantitative estimate of drug-likeness (QED) is 0.584. The van der Waals surface area contributed by atoms with Crippen molar-refractivity contribution in [3.05, 3.63) is 35.9 Å². The van der Waals surface area contributed by atoms with Crippen LogP contribution in [0.4, 0.5) is 0 Å². The summed E-state index contributed by atoms with van der Waals surface area (Å²) >= 11 is 0. The van der Waals surface area contributed by atoms with Gasteiger partial charge >= 0.3 is 0 Å². The first-order chi connectivity index (χ1) is 9.11. The molecule has 0 heterocycles. The maximum atomic E-state index is 11.4. The summed E-state index contributed by atoms with van der Waals surface area (Å²) in [5, 5.41) is 11.3. The molecular weight excluding hydrogens is 242 g/mol. The lowest BCUT2D eigenvalue weighted by molar-refractivity contribution is -0.116. The van der Waals surface area contributed by atoms with Crippen LogP contribution in [0.5, 0.6) is 5.75 Å². The fourth-order valence-corrected chi connectivity index (χ4v) is 1.49. The van der Waals surface area contributed by atoms with Gasteiger partial charge in [-0.3, -0.25) is 4.79 Å². The van der Waals surface area contributed by atoms with Crippen molar-refractivity contribution >= 4 is 12.0 Å². The van der Waals surface area contributed by atoms with Crippen LogP contribution in [0.3, 0.4) is 0 Å². The van der Waals surface area contributed by atoms with Gasteiger partial charge in [-0.2, -0.15) is 0 Å². The minimum Gasteiger partial charge on any atom is -0.491 e. The summed E-state index contributed by atoms with van der Waals surface area (Å²) in [4.78, 5) is 11.4. The third kappa shape index (κ3) is 6.62. The first kappa shape index (κ1) is 15.2. The summed E-state index contributed by atoms with van der Waals surface area (Å²) in [6, 6.07) is 7.57. The highest BCUT2D eigenvalue weighted by molar-refractivity contribution is 5.91. The van der Waals surface area contributed by atoms with Crippen molar-refractivity contribution in [2.75, 3.05) is 13.2 Å². The molecule has 0 saturated carbocycles. The molecule has 0 unspecified atom stereocenters. The Hall–Kier alpha value is -1.81. The highest BCUT2D eigenvalue weighted by Gasteiger charge is 1.98. The molecule has 2 N–H and O–H groups in total. The van der Waals surface area contributed by atoms with Gasteiger partial charge in [0, 0.05) is 19.2 Å². The molecule has 1 aromatic rings. The Morgan fingerprint density at radius 1 is 1.47 bits per heavy atom. The van der Waals surface area contributed by atoms with Gasteiger partial charge in [-0.15, -0.1) is 0 Å². The van der Waals surface area contributed by atoms with Gasteiger partial charge in [-0.1, -0.05) is 12.1 Å². The lowest BCUT2D eigenvalue weighted by atomic mass is 10.2. The number of hydrogen-bond acceptors (Lipinski definition) is 3. The van der Waals surface area contributed by atoms with Crippen LogP contribution in [0, 0.1) is 0 Å². The zero-order valence-corrected chi connectivity index (χ0v) is 11.4. The highest BCUT2D eigenvalue weighted by atomic mass is 16.5. The van der Waals surface area contributed by atoms with Gasteiger partial charge in [0.1, 0.15) is 5.75 Å². The molecule has 0 fully saturated rings. The van der Waals surface area contributed by atoms with E-state index in [2.05, 4.69) is 5.32 Å². The molecule has 0 bridgehead atoms. The van der Waals surface area contributed by atoms with E-state index in [0.29, 0.717) is 13.0 Å². The zero-order chi connectivity index (χ0) is 14.1. The number of rotatable bonds is 7. The van der Waals surface area contributed by atoms with Crippen LogP contribution in [0.2, 0.25) is 0 Å². The fraction of sp³-hybridized carbons (Fsp3) is 0.400. The zero-order valence-electron chi connectivity index (χ0n) is 11.4. The SMILES string of the molecule is CC(C)Oc1cccc(/C=C/C(=O)NCCCO)c1. The van der Waals surface area contributed by atoms with Crippen LogP contribution in [0.25, 0.3) is 6.08 Å². The lowest BCUT2D eigenvalue weighted by Crippen LogP contribution is -2.22. The summed E-state index contributed by atoms with van der Waals surface area (Å²) < 4.78 is 5.58. The number of hydrogen-bond donors (Lipinski definition) is 2. The van der Waals surface area contributed by atoms with E-state index >= 15 is 0 Å². The van der Waals surface area contributed by atoms with Gasteiger partial charge in [0.2, 0.25) is 5.91 Å². The summed E-state index contributed by atoms with van der Waals surface area (Å²) in [6.45, 7) is 4.50. The maximum absolute atomic E-state index is 11.4. The van der Waals surface area contributed by atoms with Crippen LogP contribution < -0.4 is 10.1 Å². The van der Waals surface area contributed by atoms with E-state index in [1.807, 2.05) is 38.1 Å². The molecule has 0 atom stereocenters. The fourth-order valence-electron chi connectivity index (χ4n) is 1.49. The molecule has 0 aromatic heterocycles. The third-order valence-corrected chi connectivity index (χ3v) is 2.29. The Kier molecular flexibility index (Phi) is 6.68. The molecule has 4 heteroatoms. The normalized spacial score (nSPS) is 10.9. The predicted molar refractivity (Wildman–Crippen MR) is 76.0 cm³/mol. The van der Waals surface area contributed by atoms with E-state index < -0.39 is 0 Å². The molecule has 0 aliphatic rings. The van der Waals surface area contributed by atoms with E-state index in [0.717, 1.165) is 11.3 Å². The average Bonchev–Trinajstić information content (AvgIpc) is 2.36. The topological polar surface area (TPSA) is 58.6 Å². The van der Waals surface area contributed by atoms with Gasteiger partial charge in [0.15, 0.2) is 0 Å². The predicted octanol–water partition coefficient (Wildman–Crippen LogP) is 1.99. The van der Waals surface area contributed by atoms with Crippen molar-refractivity contribution in [1.29, 1.82) is 0 Å². The Labute approximate surface area is 114 Å². The number of benzene rings is 1. The van der Waals surface area contributed by atoms with Crippen LogP contribution >= 0.6 is 0 Å². The number of nitrogens with one attached hydrogen (secondary N) is 1. The molecule has 0 radical (unpaired) electrons. The van der Waals surface area contributed by atoms with E-state index in [1.54, 1.807) is 6.08 Å². The van der Waals surface area contributed by atoms with Crippen LogP contribution in [-0.4, -0.2) is 30.3 Å². The first-order valence-corrected chi connectivity index (χ1v) is 6.45. The second-order valence-electron chi connectivity index (χ2n) is 4.44. The molecular formula is C15H21NO3. The molecule has 4 nitrogen and oxygen atoms in total. The van der Waals surface area contributed by atoms with Gasteiger partial charge in [-0.05, 0) is 44.0 Å². The van der Waals surface area contributed by atoms with Crippen molar-refractivity contribution < 1.29 is 14.6 Å². The number of amides is 1. The molecule has 0 aliphatic carbocycles. The van der Waals surface area contributed by atoms with Gasteiger partial charge < -0.3 is 15.2 Å². The van der Waals surface area contributed by atoms with Gasteiger partial charge in [0.05, 0.1) is 6.10 Å². The number of ether oxygens (including phenoxy) is 1. The van der Waals surface area contributed by atoms with E-state index in [9.17, 15) is 4.79 Å². The minimum absolute atomic E-state index is 0.0819. The van der Waals surface area contributed by atoms with E-state index in [1.165, 1.54) is 6.08 Å². The summed E-state index contributed by atoms with van der Waals surface area (Å²) in [6.07, 6.45) is 3.91. The Bertz CT molecular complexity index is 427. The second kappa shape index (κ2) is 8.32. The van der Waals surface area contributed by atoms with Crippen LogP contribution in [-0.2, 0) is 4.79 Å². The molecule has 0 spiro atoms. The van der Waals surface area contributed by atoms with Crippen molar-refractivity contribution in [2.45, 2.75) is 26.4 Å². The van der Waals surface area contributed by atoms with Crippen LogP contribution in [0.1, 0.15) is 25.8 Å². The minimum atomic E-state index is -0.163. The first-order valence-electron chi connectivity index (χ1n) is 6.45. The van der Waals surface area contributed by atoms with E-state index in [-0.39, 0.29) is 18.6 Å². The van der Waals surface area contributed by atoms with E-state index in [4.69, 9.17) is 9.84 Å². The van der Waals surface area contributed by atoms with Crippen LogP contribution in [0.15, 0.2) is 30.3 Å². The number of aliphatic hydroxyl groups is 1. The molecule has 1 rings (SSSR count). The molecule has 0 saturated heterocycles. The monoisotopic (exact) mass is 263 g/mol. The summed E-state index contributed by atoms with van der Waals surface area (Å²) in [7, 11) is 0. The Balaban J connectivity index is 2.53. The van der Waals surface area contributed by atoms with Crippen molar-refractivity contribution in [3.8, 4) is 5.75 Å². The molecule has 19 heavy (non-hydrogen) atoms. The molecule has 1 amide bonds. The third-order valence-electron chi connectivity index (χ3n) is 2.29. The number of aliphatic hydroxyl groups excluding tert-OH is 1. The molecule has 1 aromatic carbocycles. The summed E-state index contributed by atoms with van der Waals surface area (Å²) in [5.74, 6) is 0.626. The summed E-state index contributed by atoms with van der Waals surface area (Å²) in [5.41, 5.74) is 0.912. The molecule has 0 aliphatic heterocycles. The highest BCUT2D eigenvalue weighted by Crippen LogP contribution is 2.15. The Morgan fingerprint density at radius 3 is 2.95 bits per heavy atom. The maximum Gasteiger partial charge on any atom is 0.244 e. The number of carbonyl (C=O) groups excluding carboxylic acids is 1. The lowest BCUT2D eigenvalue weighted by Gasteiger charge is -2.09. The smallest absolute Gasteiger partial charge is 0.244 e. The standard InChI is InChI=1S/C15H21NO3/c1-12(2)19-14-6-3-5-13(11-14)7-8-15(18)16-9-4-10-17/h3,5-8,11-12,17H,4,9-10H2,1-2H3,(H,16,18)/b8-7+. The van der Waals surface area contributed by atoms with Crippen molar-refractivity contribution in [1.82, 2.24) is 5.32 Å². The molecule has 104 valence electrons. The van der Waals surface area contributed by atoms with Crippen molar-refractivity contribution in [2.24, 2.45) is 0 Å².